The van der Waals surface area contributed by atoms with Crippen LogP contribution in [0.15, 0.2) is 24.3 Å². The molecule has 1 aliphatic carbocycles. The number of fused-ring (bicyclic) bond motifs is 2. The molecule has 1 saturated heterocycles. The summed E-state index contributed by atoms with van der Waals surface area (Å²) in [6.07, 6.45) is 0.929. The van der Waals surface area contributed by atoms with Gasteiger partial charge in [0.15, 0.2) is 0 Å². The molecule has 1 fully saturated rings. The Kier molecular flexibility index (Phi) is 3.96. The number of carboxylic acid groups (broad SMARTS) is 1. The van der Waals surface area contributed by atoms with Crippen LogP contribution in [0.4, 0.5) is 4.79 Å². The zero-order valence-corrected chi connectivity index (χ0v) is 12.9. The Labute approximate surface area is 137 Å². The van der Waals surface area contributed by atoms with Crippen molar-refractivity contribution in [1.29, 1.82) is 0 Å². The van der Waals surface area contributed by atoms with Gasteiger partial charge in [0.05, 0.1) is 6.42 Å². The van der Waals surface area contributed by atoms with E-state index < -0.39 is 35.9 Å². The van der Waals surface area contributed by atoms with Crippen molar-refractivity contribution in [2.45, 2.75) is 24.8 Å². The summed E-state index contributed by atoms with van der Waals surface area (Å²) < 4.78 is 0. The van der Waals surface area contributed by atoms with Crippen molar-refractivity contribution in [3.63, 3.8) is 0 Å². The second-order valence-corrected chi connectivity index (χ2v) is 5.88. The summed E-state index contributed by atoms with van der Waals surface area (Å²) in [5, 5.41) is 13.7. The van der Waals surface area contributed by atoms with E-state index in [1.807, 2.05) is 24.3 Å². The predicted molar refractivity (Wildman–Crippen MR) is 81.9 cm³/mol. The molecule has 1 aromatic rings. The Balaban J connectivity index is 1.72. The molecule has 1 heterocycles. The first-order valence-electron chi connectivity index (χ1n) is 7.65. The largest absolute Gasteiger partial charge is 0.481 e. The van der Waals surface area contributed by atoms with Gasteiger partial charge < -0.3 is 15.7 Å². The van der Waals surface area contributed by atoms with Crippen molar-refractivity contribution in [1.82, 2.24) is 15.5 Å². The molecule has 3 N–H and O–H groups in total. The number of carbonyl (C=O) groups is 4. The number of carbonyl (C=O) groups excluding carboxylic acids is 3. The zero-order valence-electron chi connectivity index (χ0n) is 12.9. The highest BCUT2D eigenvalue weighted by molar-refractivity contribution is 6.09. The van der Waals surface area contributed by atoms with Gasteiger partial charge in [-0.15, -0.1) is 0 Å². The highest BCUT2D eigenvalue weighted by atomic mass is 16.4. The lowest BCUT2D eigenvalue weighted by atomic mass is 9.92. The maximum atomic E-state index is 12.8. The molecule has 1 spiro atoms. The molecule has 4 amide bonds. The van der Waals surface area contributed by atoms with Crippen LogP contribution in [0.25, 0.3) is 0 Å². The summed E-state index contributed by atoms with van der Waals surface area (Å²) in [5.41, 5.74) is 0.700. The van der Waals surface area contributed by atoms with Crippen molar-refractivity contribution in [2.24, 2.45) is 0 Å². The van der Waals surface area contributed by atoms with Gasteiger partial charge >= 0.3 is 12.0 Å². The molecule has 0 radical (unpaired) electrons. The lowest BCUT2D eigenvalue weighted by molar-refractivity contribution is -0.137. The molecule has 3 rings (SSSR count). The number of carboxylic acids is 1. The second kappa shape index (κ2) is 5.95. The van der Waals surface area contributed by atoms with E-state index in [2.05, 4.69) is 10.6 Å². The number of benzene rings is 1. The van der Waals surface area contributed by atoms with E-state index in [9.17, 15) is 19.2 Å². The second-order valence-electron chi connectivity index (χ2n) is 5.88. The number of hydrogen-bond acceptors (Lipinski definition) is 4. The maximum Gasteiger partial charge on any atom is 0.325 e. The number of rotatable bonds is 5. The summed E-state index contributed by atoms with van der Waals surface area (Å²) in [6, 6.07) is 6.83. The molecule has 0 saturated carbocycles. The highest BCUT2D eigenvalue weighted by Crippen LogP contribution is 2.41. The lowest BCUT2D eigenvalue weighted by Gasteiger charge is -2.22. The van der Waals surface area contributed by atoms with E-state index >= 15 is 0 Å². The van der Waals surface area contributed by atoms with Crippen LogP contribution in [0.2, 0.25) is 0 Å². The molecule has 8 nitrogen and oxygen atoms in total. The molecule has 24 heavy (non-hydrogen) atoms. The number of urea groups is 1. The molecule has 0 aromatic heterocycles. The number of nitrogens with one attached hydrogen (secondary N) is 2. The van der Waals surface area contributed by atoms with E-state index in [4.69, 9.17) is 5.11 Å². The third-order valence-corrected chi connectivity index (χ3v) is 4.38. The standard InChI is InChI=1S/C16H17N3O5/c20-12(17-8-6-13(21)22)9-19-14(23)16(18-15(19)24)7-5-10-3-1-2-4-11(10)16/h1-4H,5-9H2,(H,17,20)(H,18,24)(H,21,22). The van der Waals surface area contributed by atoms with Gasteiger partial charge in [-0.2, -0.15) is 0 Å². The minimum Gasteiger partial charge on any atom is -0.481 e. The molecule has 126 valence electrons. The predicted octanol–water partition coefficient (Wildman–Crippen LogP) is -0.0292. The Morgan fingerprint density at radius 3 is 2.79 bits per heavy atom. The Morgan fingerprint density at radius 1 is 1.29 bits per heavy atom. The number of amides is 4. The Bertz CT molecular complexity index is 732. The van der Waals surface area contributed by atoms with Crippen molar-refractivity contribution >= 4 is 23.8 Å². The van der Waals surface area contributed by atoms with Crippen molar-refractivity contribution in [2.75, 3.05) is 13.1 Å². The molecular formula is C16H17N3O5. The normalized spacial score (nSPS) is 21.8. The van der Waals surface area contributed by atoms with Crippen LogP contribution in [0, 0.1) is 0 Å². The van der Waals surface area contributed by atoms with Gasteiger partial charge in [-0.1, -0.05) is 24.3 Å². The number of nitrogens with zero attached hydrogens (tertiary/aromatic N) is 1. The van der Waals surface area contributed by atoms with Crippen molar-refractivity contribution in [3.05, 3.63) is 35.4 Å². The number of aliphatic carboxylic acids is 1. The van der Waals surface area contributed by atoms with Gasteiger partial charge in [0.25, 0.3) is 5.91 Å². The molecule has 1 aliphatic heterocycles. The molecule has 2 aliphatic rings. The van der Waals surface area contributed by atoms with Gasteiger partial charge in [-0.05, 0) is 24.0 Å². The van der Waals surface area contributed by atoms with E-state index in [0.717, 1.165) is 16.0 Å². The smallest absolute Gasteiger partial charge is 0.325 e. The summed E-state index contributed by atoms with van der Waals surface area (Å²) in [7, 11) is 0. The van der Waals surface area contributed by atoms with E-state index in [1.165, 1.54) is 0 Å². The fourth-order valence-corrected chi connectivity index (χ4v) is 3.24. The molecular weight excluding hydrogens is 314 g/mol. The summed E-state index contributed by atoms with van der Waals surface area (Å²) >= 11 is 0. The van der Waals surface area contributed by atoms with E-state index in [0.29, 0.717) is 12.8 Å². The minimum absolute atomic E-state index is 0.0498. The molecule has 0 bridgehead atoms. The minimum atomic E-state index is -1.09. The molecule has 8 heteroatoms. The average molecular weight is 331 g/mol. The number of hydrogen-bond donors (Lipinski definition) is 3. The van der Waals surface area contributed by atoms with E-state index in [1.54, 1.807) is 0 Å². The van der Waals surface area contributed by atoms with Crippen LogP contribution >= 0.6 is 0 Å². The van der Waals surface area contributed by atoms with Gasteiger partial charge in [0, 0.05) is 6.54 Å². The van der Waals surface area contributed by atoms with Crippen LogP contribution < -0.4 is 10.6 Å². The van der Waals surface area contributed by atoms with Crippen LogP contribution in [0.5, 0.6) is 0 Å². The first kappa shape index (κ1) is 16.0. The maximum absolute atomic E-state index is 12.8. The zero-order chi connectivity index (χ0) is 17.3. The quantitative estimate of drug-likeness (QED) is 0.655. The summed E-state index contributed by atoms with van der Waals surface area (Å²) in [6.45, 7) is -0.472. The van der Waals surface area contributed by atoms with Crippen LogP contribution in [-0.2, 0) is 26.3 Å². The van der Waals surface area contributed by atoms with Crippen LogP contribution in [-0.4, -0.2) is 46.9 Å². The third kappa shape index (κ3) is 2.60. The first-order valence-corrected chi connectivity index (χ1v) is 7.65. The van der Waals surface area contributed by atoms with Crippen molar-refractivity contribution < 1.29 is 24.3 Å². The van der Waals surface area contributed by atoms with Gasteiger partial charge in [-0.25, -0.2) is 4.79 Å². The fourth-order valence-electron chi connectivity index (χ4n) is 3.24. The van der Waals surface area contributed by atoms with Crippen LogP contribution in [0.3, 0.4) is 0 Å². The summed E-state index contributed by atoms with van der Waals surface area (Å²) in [4.78, 5) is 48.1. The lowest BCUT2D eigenvalue weighted by Crippen LogP contribution is -2.44. The summed E-state index contributed by atoms with van der Waals surface area (Å²) in [5.74, 6) is -2.04. The third-order valence-electron chi connectivity index (χ3n) is 4.38. The van der Waals surface area contributed by atoms with Gasteiger partial charge in [0.2, 0.25) is 5.91 Å². The topological polar surface area (TPSA) is 116 Å². The number of aryl methyl sites for hydroxylation is 1. The van der Waals surface area contributed by atoms with Gasteiger partial charge in [0.1, 0.15) is 12.1 Å². The fraction of sp³-hybridized carbons (Fsp3) is 0.375. The average Bonchev–Trinajstić information content (AvgIpc) is 3.02. The molecule has 1 atom stereocenters. The Hall–Kier alpha value is -2.90. The molecule has 1 aromatic carbocycles. The van der Waals surface area contributed by atoms with Gasteiger partial charge in [-0.3, -0.25) is 19.3 Å². The van der Waals surface area contributed by atoms with E-state index in [-0.39, 0.29) is 13.0 Å². The number of imide groups is 1. The SMILES string of the molecule is O=C(O)CCNC(=O)CN1C(=O)NC2(CCc3ccccc32)C1=O. The van der Waals surface area contributed by atoms with Crippen molar-refractivity contribution in [3.8, 4) is 0 Å². The monoisotopic (exact) mass is 331 g/mol. The highest BCUT2D eigenvalue weighted by Gasteiger charge is 2.55. The van der Waals surface area contributed by atoms with Crippen LogP contribution in [0.1, 0.15) is 24.0 Å². The Morgan fingerprint density at radius 2 is 2.04 bits per heavy atom. The first-order chi connectivity index (χ1) is 11.4. The molecule has 1 unspecified atom stereocenters.